The summed E-state index contributed by atoms with van der Waals surface area (Å²) in [5.41, 5.74) is 5.15. The predicted molar refractivity (Wildman–Crippen MR) is 226 cm³/mol. The quantitative estimate of drug-likeness (QED) is 0.163. The second-order valence-electron chi connectivity index (χ2n) is 14.7. The van der Waals surface area contributed by atoms with Crippen molar-refractivity contribution in [1.82, 2.24) is 0 Å². The first-order valence-corrected chi connectivity index (χ1v) is 18.3. The van der Waals surface area contributed by atoms with E-state index in [2.05, 4.69) is 170 Å². The number of benzene rings is 11. The molecule has 52 heavy (non-hydrogen) atoms. The maximum Gasteiger partial charge on any atom is -0.000719 e. The zero-order valence-electron chi connectivity index (χ0n) is 28.2. The van der Waals surface area contributed by atoms with Crippen LogP contribution in [0.1, 0.15) is 0 Å². The molecule has 0 aromatic heterocycles. The minimum atomic E-state index is 1.25. The molecule has 0 spiro atoms. The highest BCUT2D eigenvalue weighted by molar-refractivity contribution is 6.46. The second-order valence-corrected chi connectivity index (χ2v) is 14.7. The molecule has 0 aliphatic heterocycles. The van der Waals surface area contributed by atoms with Crippen molar-refractivity contribution in [2.75, 3.05) is 0 Å². The second kappa shape index (κ2) is 9.51. The topological polar surface area (TPSA) is 0 Å². The zero-order chi connectivity index (χ0) is 33.7. The fourth-order valence-electron chi connectivity index (χ4n) is 10.2. The maximum absolute atomic E-state index is 2.54. The summed E-state index contributed by atoms with van der Waals surface area (Å²) in [5, 5.41) is 26.7. The lowest BCUT2D eigenvalue weighted by atomic mass is 9.85. The van der Waals surface area contributed by atoms with Crippen LogP contribution in [-0.2, 0) is 0 Å². The lowest BCUT2D eigenvalue weighted by Gasteiger charge is -2.17. The first-order valence-electron chi connectivity index (χ1n) is 18.3. The SMILES string of the molecule is c1ccc(-c2c3cc4c(cc3c(-c3ccccc3)c3c5cc6cccc7ccc8ccc(c23)c5c8c76)c2cccc3c5ccccc5cc4c32)cc1. The minimum absolute atomic E-state index is 1.25. The van der Waals surface area contributed by atoms with Crippen molar-refractivity contribution in [2.24, 2.45) is 0 Å². The summed E-state index contributed by atoms with van der Waals surface area (Å²) in [4.78, 5) is 0. The molecule has 0 nitrogen and oxygen atoms in total. The number of hydrogen-bond acceptors (Lipinski definition) is 0. The van der Waals surface area contributed by atoms with Gasteiger partial charge in [-0.1, -0.05) is 146 Å². The average Bonchev–Trinajstić information content (AvgIpc) is 3.70. The lowest BCUT2D eigenvalue weighted by molar-refractivity contribution is 1.68. The molecule has 0 N–H and O–H groups in total. The molecule has 0 atom stereocenters. The van der Waals surface area contributed by atoms with Crippen LogP contribution in [0, 0.1) is 0 Å². The summed E-state index contributed by atoms with van der Waals surface area (Å²) < 4.78 is 0. The third-order valence-electron chi connectivity index (χ3n) is 12.2. The van der Waals surface area contributed by atoms with Crippen LogP contribution in [0.4, 0.5) is 0 Å². The van der Waals surface area contributed by atoms with Gasteiger partial charge in [-0.3, -0.25) is 0 Å². The molecule has 13 rings (SSSR count). The van der Waals surface area contributed by atoms with Gasteiger partial charge in [0.1, 0.15) is 0 Å². The van der Waals surface area contributed by atoms with Gasteiger partial charge >= 0.3 is 0 Å². The largest absolute Gasteiger partial charge is 0.0622 e. The van der Waals surface area contributed by atoms with Crippen LogP contribution in [0.3, 0.4) is 0 Å². The predicted octanol–water partition coefficient (Wildman–Crippen LogP) is 14.9. The molecular formula is C52H28. The molecule has 236 valence electrons. The third kappa shape index (κ3) is 3.24. The lowest BCUT2D eigenvalue weighted by Crippen LogP contribution is -1.89. The van der Waals surface area contributed by atoms with Gasteiger partial charge in [0.15, 0.2) is 0 Å². The average molecular weight is 653 g/mol. The molecule has 0 bridgehead atoms. The summed E-state index contributed by atoms with van der Waals surface area (Å²) in [6.45, 7) is 0. The van der Waals surface area contributed by atoms with Crippen LogP contribution >= 0.6 is 0 Å². The van der Waals surface area contributed by atoms with Crippen LogP contribution in [0.15, 0.2) is 170 Å². The van der Waals surface area contributed by atoms with Gasteiger partial charge in [-0.15, -0.1) is 0 Å². The molecule has 0 aliphatic rings. The van der Waals surface area contributed by atoms with Gasteiger partial charge in [-0.25, -0.2) is 0 Å². The van der Waals surface area contributed by atoms with Gasteiger partial charge in [0, 0.05) is 0 Å². The van der Waals surface area contributed by atoms with Crippen molar-refractivity contribution in [2.45, 2.75) is 0 Å². The van der Waals surface area contributed by atoms with Crippen molar-refractivity contribution in [3.8, 4) is 22.3 Å². The Balaban J connectivity index is 1.36. The molecule has 0 unspecified atom stereocenters. The Morgan fingerprint density at radius 3 is 1.46 bits per heavy atom. The van der Waals surface area contributed by atoms with Crippen molar-refractivity contribution >= 4 is 108 Å². The van der Waals surface area contributed by atoms with E-state index in [1.54, 1.807) is 0 Å². The fourth-order valence-corrected chi connectivity index (χ4v) is 10.2. The maximum atomic E-state index is 2.54. The standard InChI is InChI=1S/C52H28/c1-3-11-29(12-4-1)46-43-28-40-39(37-20-10-19-36-35-18-8-7-15-33(35)25-41(40)49(36)37)27-42(43)47(30-13-5-2-6-14-30)52-44-26-34-17-9-16-31-21-22-32-23-24-38(51(46)52)50(44)48(32)45(31)34/h1-28H. The summed E-state index contributed by atoms with van der Waals surface area (Å²) >= 11 is 0. The van der Waals surface area contributed by atoms with E-state index in [9.17, 15) is 0 Å². The summed E-state index contributed by atoms with van der Waals surface area (Å²) in [6.07, 6.45) is 0. The van der Waals surface area contributed by atoms with Gasteiger partial charge in [0.25, 0.3) is 0 Å². The van der Waals surface area contributed by atoms with E-state index in [-0.39, 0.29) is 0 Å². The zero-order valence-corrected chi connectivity index (χ0v) is 28.2. The van der Waals surface area contributed by atoms with Gasteiger partial charge in [0.2, 0.25) is 0 Å². The minimum Gasteiger partial charge on any atom is -0.0622 e. The molecule has 0 saturated carbocycles. The van der Waals surface area contributed by atoms with Gasteiger partial charge < -0.3 is 0 Å². The highest BCUT2D eigenvalue weighted by Gasteiger charge is 2.26. The fraction of sp³-hybridized carbons (Fsp3) is 0. The van der Waals surface area contributed by atoms with Crippen LogP contribution in [0.2, 0.25) is 0 Å². The van der Waals surface area contributed by atoms with Gasteiger partial charge in [0.05, 0.1) is 0 Å². The summed E-state index contributed by atoms with van der Waals surface area (Å²) in [5.74, 6) is 0. The monoisotopic (exact) mass is 652 g/mol. The van der Waals surface area contributed by atoms with E-state index in [1.807, 2.05) is 0 Å². The third-order valence-corrected chi connectivity index (χ3v) is 12.2. The number of hydrogen-bond donors (Lipinski definition) is 0. The van der Waals surface area contributed by atoms with E-state index in [4.69, 9.17) is 0 Å². The molecular weight excluding hydrogens is 625 g/mol. The van der Waals surface area contributed by atoms with E-state index in [0.29, 0.717) is 0 Å². The number of rotatable bonds is 2. The van der Waals surface area contributed by atoms with E-state index >= 15 is 0 Å². The Labute approximate surface area is 298 Å². The first-order chi connectivity index (χ1) is 25.8. The first kappa shape index (κ1) is 27.0. The molecule has 13 aromatic carbocycles. The smallest absolute Gasteiger partial charge is 0.000719 e. The molecule has 0 amide bonds. The van der Waals surface area contributed by atoms with Crippen LogP contribution in [-0.4, -0.2) is 0 Å². The van der Waals surface area contributed by atoms with Crippen LogP contribution < -0.4 is 0 Å². The molecule has 0 radical (unpaired) electrons. The highest BCUT2D eigenvalue weighted by Crippen LogP contribution is 2.55. The molecule has 0 heterocycles. The summed E-state index contributed by atoms with van der Waals surface area (Å²) in [7, 11) is 0. The van der Waals surface area contributed by atoms with Gasteiger partial charge in [-0.2, -0.15) is 0 Å². The highest BCUT2D eigenvalue weighted by atomic mass is 14.3. The van der Waals surface area contributed by atoms with Crippen LogP contribution in [0.25, 0.3) is 130 Å². The molecule has 0 heteroatoms. The normalized spacial score (nSPS) is 12.6. The van der Waals surface area contributed by atoms with Crippen molar-refractivity contribution in [3.63, 3.8) is 0 Å². The van der Waals surface area contributed by atoms with E-state index in [1.165, 1.54) is 130 Å². The van der Waals surface area contributed by atoms with Crippen molar-refractivity contribution < 1.29 is 0 Å². The van der Waals surface area contributed by atoms with E-state index in [0.717, 1.165) is 0 Å². The molecule has 0 aliphatic carbocycles. The molecule has 0 saturated heterocycles. The van der Waals surface area contributed by atoms with Gasteiger partial charge in [-0.05, 0) is 154 Å². The Morgan fingerprint density at radius 2 is 0.712 bits per heavy atom. The Kier molecular flexibility index (Phi) is 4.94. The molecule has 0 fully saturated rings. The Morgan fingerprint density at radius 1 is 0.192 bits per heavy atom. The van der Waals surface area contributed by atoms with E-state index < -0.39 is 0 Å². The summed E-state index contributed by atoms with van der Waals surface area (Å²) in [6, 6.07) is 64.2. The van der Waals surface area contributed by atoms with Crippen molar-refractivity contribution in [1.29, 1.82) is 0 Å². The Bertz CT molecular complexity index is 3590. The number of fused-ring (bicyclic) bond motifs is 9. The molecule has 13 aromatic rings. The van der Waals surface area contributed by atoms with Crippen molar-refractivity contribution in [3.05, 3.63) is 170 Å². The van der Waals surface area contributed by atoms with Crippen LogP contribution in [0.5, 0.6) is 0 Å². The Hall–Kier alpha value is -6.76.